The van der Waals surface area contributed by atoms with Crippen LogP contribution in [0.1, 0.15) is 66.2 Å². The second kappa shape index (κ2) is 8.08. The first-order valence-electron chi connectivity index (χ1n) is 6.96. The molecule has 98 valence electrons. The minimum Gasteiger partial charge on any atom is -0.329 e. The topological polar surface area (TPSA) is 52.0 Å². The molecule has 0 aromatic rings. The molecule has 2 atom stereocenters. The lowest BCUT2D eigenvalue weighted by Crippen LogP contribution is -2.47. The highest BCUT2D eigenvalue weighted by molar-refractivity contribution is 4.86. The molecule has 2 heteroatoms. The molecule has 0 saturated heterocycles. The number of rotatable bonds is 9. The van der Waals surface area contributed by atoms with Gasteiger partial charge in [0.25, 0.3) is 0 Å². The molecule has 0 saturated carbocycles. The molecular weight excluding hydrogens is 196 g/mol. The second-order valence-electron chi connectivity index (χ2n) is 5.67. The Bertz CT molecular complexity index is 154. The highest BCUT2D eigenvalue weighted by Crippen LogP contribution is 2.23. The summed E-state index contributed by atoms with van der Waals surface area (Å²) in [4.78, 5) is 0. The normalized spacial score (nSPS) is 19.1. The molecule has 0 amide bonds. The average Bonchev–Trinajstić information content (AvgIpc) is 2.32. The van der Waals surface area contributed by atoms with E-state index in [1.165, 1.54) is 25.7 Å². The van der Waals surface area contributed by atoms with Gasteiger partial charge in [0.1, 0.15) is 0 Å². The summed E-state index contributed by atoms with van der Waals surface area (Å²) >= 11 is 0. The fourth-order valence-electron chi connectivity index (χ4n) is 1.81. The van der Waals surface area contributed by atoms with Crippen molar-refractivity contribution in [3.63, 3.8) is 0 Å². The van der Waals surface area contributed by atoms with E-state index in [0.29, 0.717) is 6.54 Å². The van der Waals surface area contributed by atoms with Crippen molar-refractivity contribution in [3.8, 4) is 0 Å². The van der Waals surface area contributed by atoms with Crippen LogP contribution in [0, 0.1) is 11.8 Å². The van der Waals surface area contributed by atoms with Gasteiger partial charge in [-0.05, 0) is 37.5 Å². The Balaban J connectivity index is 3.99. The lowest BCUT2D eigenvalue weighted by molar-refractivity contribution is 0.304. The van der Waals surface area contributed by atoms with Gasteiger partial charge in [-0.2, -0.15) is 0 Å². The molecule has 0 aromatic heterocycles. The molecule has 16 heavy (non-hydrogen) atoms. The lowest BCUT2D eigenvalue weighted by atomic mass is 9.83. The quantitative estimate of drug-likeness (QED) is 0.636. The maximum Gasteiger partial charge on any atom is 0.0278 e. The second-order valence-corrected chi connectivity index (χ2v) is 5.67. The van der Waals surface area contributed by atoms with Crippen LogP contribution in [0.5, 0.6) is 0 Å². The van der Waals surface area contributed by atoms with Crippen molar-refractivity contribution in [2.45, 2.75) is 71.8 Å². The molecule has 0 aliphatic rings. The summed E-state index contributed by atoms with van der Waals surface area (Å²) < 4.78 is 0. The van der Waals surface area contributed by atoms with Gasteiger partial charge in [0.05, 0.1) is 0 Å². The molecular formula is C14H32N2. The fourth-order valence-corrected chi connectivity index (χ4v) is 1.81. The Labute approximate surface area is 102 Å². The van der Waals surface area contributed by atoms with Crippen molar-refractivity contribution in [3.05, 3.63) is 0 Å². The van der Waals surface area contributed by atoms with E-state index in [9.17, 15) is 0 Å². The van der Waals surface area contributed by atoms with Crippen LogP contribution in [0.3, 0.4) is 0 Å². The van der Waals surface area contributed by atoms with Crippen molar-refractivity contribution in [2.24, 2.45) is 23.3 Å². The summed E-state index contributed by atoms with van der Waals surface area (Å²) in [6.07, 6.45) is 7.07. The molecule has 0 fully saturated rings. The van der Waals surface area contributed by atoms with E-state index in [4.69, 9.17) is 11.5 Å². The van der Waals surface area contributed by atoms with Gasteiger partial charge in [-0.15, -0.1) is 0 Å². The first-order valence-corrected chi connectivity index (χ1v) is 6.96. The molecule has 0 aromatic carbocycles. The van der Waals surface area contributed by atoms with Crippen molar-refractivity contribution in [2.75, 3.05) is 6.54 Å². The van der Waals surface area contributed by atoms with Crippen LogP contribution < -0.4 is 11.5 Å². The smallest absolute Gasteiger partial charge is 0.0278 e. The van der Waals surface area contributed by atoms with E-state index >= 15 is 0 Å². The predicted molar refractivity (Wildman–Crippen MR) is 73.4 cm³/mol. The minimum absolute atomic E-state index is 0.118. The Morgan fingerprint density at radius 2 is 1.31 bits per heavy atom. The lowest BCUT2D eigenvalue weighted by Gasteiger charge is -2.30. The van der Waals surface area contributed by atoms with Gasteiger partial charge in [0.15, 0.2) is 0 Å². The summed E-state index contributed by atoms with van der Waals surface area (Å²) in [6, 6.07) is 0. The van der Waals surface area contributed by atoms with Crippen molar-refractivity contribution in [1.82, 2.24) is 0 Å². The molecule has 0 aliphatic carbocycles. The Morgan fingerprint density at radius 1 is 0.938 bits per heavy atom. The first kappa shape index (κ1) is 15.9. The highest BCUT2D eigenvalue weighted by Gasteiger charge is 2.23. The van der Waals surface area contributed by atoms with Gasteiger partial charge >= 0.3 is 0 Å². The van der Waals surface area contributed by atoms with E-state index in [1.54, 1.807) is 0 Å². The van der Waals surface area contributed by atoms with Gasteiger partial charge in [-0.25, -0.2) is 0 Å². The summed E-state index contributed by atoms with van der Waals surface area (Å²) in [7, 11) is 0. The molecule has 0 bridgehead atoms. The molecule has 0 aliphatic heterocycles. The summed E-state index contributed by atoms with van der Waals surface area (Å²) in [5.41, 5.74) is 12.1. The van der Waals surface area contributed by atoms with E-state index < -0.39 is 0 Å². The van der Waals surface area contributed by atoms with Gasteiger partial charge in [-0.3, -0.25) is 0 Å². The molecule has 2 unspecified atom stereocenters. The Morgan fingerprint density at radius 3 is 1.56 bits per heavy atom. The van der Waals surface area contributed by atoms with E-state index in [1.807, 2.05) is 0 Å². The van der Waals surface area contributed by atoms with Crippen LogP contribution in [0.2, 0.25) is 0 Å². The minimum atomic E-state index is -0.118. The van der Waals surface area contributed by atoms with E-state index in [0.717, 1.165) is 24.7 Å². The maximum absolute atomic E-state index is 6.38. The van der Waals surface area contributed by atoms with Crippen molar-refractivity contribution < 1.29 is 0 Å². The monoisotopic (exact) mass is 228 g/mol. The Kier molecular flexibility index (Phi) is 8.04. The number of hydrogen-bond acceptors (Lipinski definition) is 2. The molecule has 0 rings (SSSR count). The van der Waals surface area contributed by atoms with Crippen LogP contribution in [0.4, 0.5) is 0 Å². The first-order chi connectivity index (χ1) is 7.47. The number of hydrogen-bond donors (Lipinski definition) is 2. The van der Waals surface area contributed by atoms with Gasteiger partial charge in [-0.1, -0.05) is 40.5 Å². The predicted octanol–water partition coefficient (Wildman–Crippen LogP) is 3.30. The summed E-state index contributed by atoms with van der Waals surface area (Å²) in [5, 5.41) is 0. The standard InChI is InChI=1S/C14H32N2/c1-5-12(3)7-9-14(16,11-15)10-8-13(4)6-2/h12-13H,5-11,15-16H2,1-4H3. The van der Waals surface area contributed by atoms with Crippen LogP contribution >= 0.6 is 0 Å². The maximum atomic E-state index is 6.38. The molecule has 0 heterocycles. The third kappa shape index (κ3) is 6.49. The number of nitrogens with two attached hydrogens (primary N) is 2. The molecule has 4 N–H and O–H groups in total. The zero-order chi connectivity index (χ0) is 12.6. The van der Waals surface area contributed by atoms with E-state index in [2.05, 4.69) is 27.7 Å². The van der Waals surface area contributed by atoms with Crippen LogP contribution in [-0.2, 0) is 0 Å². The molecule has 0 radical (unpaired) electrons. The summed E-state index contributed by atoms with van der Waals surface area (Å²) in [5.74, 6) is 1.55. The van der Waals surface area contributed by atoms with E-state index in [-0.39, 0.29) is 5.54 Å². The van der Waals surface area contributed by atoms with Crippen molar-refractivity contribution >= 4 is 0 Å². The van der Waals surface area contributed by atoms with Crippen LogP contribution in [0.15, 0.2) is 0 Å². The fraction of sp³-hybridized carbons (Fsp3) is 1.00. The third-order valence-electron chi connectivity index (χ3n) is 4.07. The largest absolute Gasteiger partial charge is 0.329 e. The zero-order valence-corrected chi connectivity index (χ0v) is 11.8. The third-order valence-corrected chi connectivity index (χ3v) is 4.07. The highest BCUT2D eigenvalue weighted by atomic mass is 14.8. The summed E-state index contributed by atoms with van der Waals surface area (Å²) in [6.45, 7) is 9.70. The van der Waals surface area contributed by atoms with Crippen LogP contribution in [0.25, 0.3) is 0 Å². The molecule has 2 nitrogen and oxygen atoms in total. The zero-order valence-electron chi connectivity index (χ0n) is 11.8. The molecule has 0 spiro atoms. The van der Waals surface area contributed by atoms with Gasteiger partial charge in [0.2, 0.25) is 0 Å². The van der Waals surface area contributed by atoms with Crippen LogP contribution in [-0.4, -0.2) is 12.1 Å². The van der Waals surface area contributed by atoms with Gasteiger partial charge in [0, 0.05) is 12.1 Å². The average molecular weight is 228 g/mol. The SMILES string of the molecule is CCC(C)CCC(N)(CN)CCC(C)CC. The Hall–Kier alpha value is -0.0800. The van der Waals surface area contributed by atoms with Crippen molar-refractivity contribution in [1.29, 1.82) is 0 Å². The van der Waals surface area contributed by atoms with Gasteiger partial charge < -0.3 is 11.5 Å².